The molecule has 0 unspecified atom stereocenters. The van der Waals surface area contributed by atoms with E-state index in [1.807, 2.05) is 0 Å². The van der Waals surface area contributed by atoms with Gasteiger partial charge in [-0.25, -0.2) is 0 Å². The second-order valence-electron chi connectivity index (χ2n) is 2.64. The summed E-state index contributed by atoms with van der Waals surface area (Å²) in [6.07, 6.45) is -4.64. The zero-order valence-corrected chi connectivity index (χ0v) is 10.2. The van der Waals surface area contributed by atoms with Crippen molar-refractivity contribution in [3.8, 4) is 5.75 Å². The van der Waals surface area contributed by atoms with Crippen LogP contribution in [0.25, 0.3) is 0 Å². The van der Waals surface area contributed by atoms with Gasteiger partial charge in [0.25, 0.3) is 0 Å². The number of alkyl halides is 5. The van der Waals surface area contributed by atoms with Gasteiger partial charge in [-0.3, -0.25) is 0 Å². The van der Waals surface area contributed by atoms with Crippen LogP contribution in [-0.4, -0.2) is 6.61 Å². The third kappa shape index (κ3) is 3.34. The molecule has 0 aliphatic carbocycles. The number of rotatable bonds is 2. The Morgan fingerprint density at radius 3 is 2.25 bits per heavy atom. The molecule has 0 heterocycles. The quantitative estimate of drug-likeness (QED) is 0.546. The summed E-state index contributed by atoms with van der Waals surface area (Å²) in [5.74, 6) is -0.690. The van der Waals surface area contributed by atoms with Crippen molar-refractivity contribution in [2.24, 2.45) is 0 Å². The molecule has 0 amide bonds. The van der Waals surface area contributed by atoms with Gasteiger partial charge in [-0.1, -0.05) is 11.6 Å². The van der Waals surface area contributed by atoms with Crippen LogP contribution in [0.1, 0.15) is 5.56 Å². The van der Waals surface area contributed by atoms with Crippen molar-refractivity contribution in [1.82, 2.24) is 0 Å². The summed E-state index contributed by atoms with van der Waals surface area (Å²) >= 11 is 6.88. The van der Waals surface area contributed by atoms with Crippen molar-refractivity contribution in [3.05, 3.63) is 26.3 Å². The smallest absolute Gasteiger partial charge is 0.417 e. The molecule has 16 heavy (non-hydrogen) atoms. The fourth-order valence-corrected chi connectivity index (χ4v) is 2.10. The molecule has 1 nitrogen and oxygen atoms in total. The van der Waals surface area contributed by atoms with Crippen molar-refractivity contribution >= 4 is 34.2 Å². The maximum atomic E-state index is 12.4. The minimum atomic E-state index is -4.64. The molecule has 0 N–H and O–H groups in total. The van der Waals surface area contributed by atoms with Crippen LogP contribution in [-0.2, 0) is 6.18 Å². The van der Waals surface area contributed by atoms with Gasteiger partial charge in [0.05, 0.1) is 10.6 Å². The predicted molar refractivity (Wildman–Crippen MR) is 55.8 cm³/mol. The maximum Gasteiger partial charge on any atom is 0.417 e. The van der Waals surface area contributed by atoms with Crippen LogP contribution < -0.4 is 4.74 Å². The van der Waals surface area contributed by atoms with E-state index in [0.29, 0.717) is 6.07 Å². The Morgan fingerprint density at radius 2 is 1.81 bits per heavy atom. The molecule has 0 atom stereocenters. The van der Waals surface area contributed by atoms with Gasteiger partial charge in [-0.2, -0.15) is 22.0 Å². The summed E-state index contributed by atoms with van der Waals surface area (Å²) in [5, 5.41) is -0.294. The summed E-state index contributed by atoms with van der Waals surface area (Å²) in [7, 11) is 0. The molecule has 0 saturated heterocycles. The van der Waals surface area contributed by atoms with Crippen LogP contribution in [0.4, 0.5) is 22.0 Å². The highest BCUT2D eigenvalue weighted by molar-refractivity contribution is 14.1. The largest absolute Gasteiger partial charge is 0.433 e. The van der Waals surface area contributed by atoms with Gasteiger partial charge in [0.15, 0.2) is 0 Å². The second kappa shape index (κ2) is 4.91. The summed E-state index contributed by atoms with van der Waals surface area (Å²) in [5.41, 5.74) is -1.06. The maximum absolute atomic E-state index is 12.4. The summed E-state index contributed by atoms with van der Waals surface area (Å²) < 4.78 is 64.6. The number of halogens is 7. The fraction of sp³-hybridized carbons (Fsp3) is 0.250. The first-order valence-corrected chi connectivity index (χ1v) is 5.18. The average Bonchev–Trinajstić information content (AvgIpc) is 2.06. The zero-order valence-electron chi connectivity index (χ0n) is 7.29. The number of hydrogen-bond acceptors (Lipinski definition) is 1. The molecule has 1 aromatic rings. The van der Waals surface area contributed by atoms with Gasteiger partial charge < -0.3 is 4.74 Å². The van der Waals surface area contributed by atoms with E-state index in [1.54, 1.807) is 0 Å². The average molecular weight is 372 g/mol. The van der Waals surface area contributed by atoms with Gasteiger partial charge in [0.1, 0.15) is 5.75 Å². The van der Waals surface area contributed by atoms with Crippen molar-refractivity contribution in [1.29, 1.82) is 0 Å². The van der Waals surface area contributed by atoms with Crippen molar-refractivity contribution in [3.63, 3.8) is 0 Å². The zero-order chi connectivity index (χ0) is 12.5. The van der Waals surface area contributed by atoms with Gasteiger partial charge >= 0.3 is 12.8 Å². The summed E-state index contributed by atoms with van der Waals surface area (Å²) in [6.45, 7) is -3.22. The molecular weight excluding hydrogens is 369 g/mol. The van der Waals surface area contributed by atoms with Gasteiger partial charge in [-0.15, -0.1) is 0 Å². The van der Waals surface area contributed by atoms with E-state index in [0.717, 1.165) is 6.07 Å². The molecule has 8 heteroatoms. The molecule has 0 bridgehead atoms. The van der Waals surface area contributed by atoms with Crippen LogP contribution in [0.3, 0.4) is 0 Å². The van der Waals surface area contributed by atoms with Crippen LogP contribution in [0.2, 0.25) is 5.02 Å². The monoisotopic (exact) mass is 372 g/mol. The van der Waals surface area contributed by atoms with Gasteiger partial charge in [0, 0.05) is 3.57 Å². The first kappa shape index (κ1) is 13.8. The molecule has 0 radical (unpaired) electrons. The molecule has 0 saturated carbocycles. The minimum Gasteiger partial charge on any atom is -0.433 e. The van der Waals surface area contributed by atoms with Gasteiger partial charge in [0.2, 0.25) is 0 Å². The summed E-state index contributed by atoms with van der Waals surface area (Å²) in [6, 6.07) is 1.37. The molecule has 1 rings (SSSR count). The Morgan fingerprint density at radius 1 is 1.25 bits per heavy atom. The third-order valence-electron chi connectivity index (χ3n) is 1.54. The predicted octanol–water partition coefficient (Wildman–Crippen LogP) is 4.56. The molecule has 1 aromatic carbocycles. The highest BCUT2D eigenvalue weighted by Crippen LogP contribution is 2.38. The Balaban J connectivity index is 3.22. The van der Waals surface area contributed by atoms with Gasteiger partial charge in [-0.05, 0) is 34.7 Å². The van der Waals surface area contributed by atoms with Crippen LogP contribution >= 0.6 is 34.2 Å². The standard InChI is InChI=1S/C8H3ClF5IO/c9-4-2-5(15)3(8(12,13)14)1-6(4)16-7(10)11/h1-2,7H. The lowest BCUT2D eigenvalue weighted by Crippen LogP contribution is -2.10. The van der Waals surface area contributed by atoms with Crippen LogP contribution in [0, 0.1) is 3.57 Å². The minimum absolute atomic E-state index is 0.184. The Labute approximate surface area is 106 Å². The number of benzene rings is 1. The van der Waals surface area contributed by atoms with E-state index in [4.69, 9.17) is 11.6 Å². The first-order valence-electron chi connectivity index (χ1n) is 3.73. The van der Waals surface area contributed by atoms with E-state index >= 15 is 0 Å². The molecule has 0 fully saturated rings. The lowest BCUT2D eigenvalue weighted by molar-refractivity contribution is -0.138. The molecule has 0 aliphatic heterocycles. The van der Waals surface area contributed by atoms with Crippen molar-refractivity contribution in [2.45, 2.75) is 12.8 Å². The normalized spacial score (nSPS) is 12.0. The third-order valence-corrected chi connectivity index (χ3v) is 2.73. The molecular formula is C8H3ClF5IO. The summed E-state index contributed by atoms with van der Waals surface area (Å²) in [4.78, 5) is 0. The van der Waals surface area contributed by atoms with E-state index < -0.39 is 24.1 Å². The molecule has 0 aliphatic rings. The molecule has 0 aromatic heterocycles. The van der Waals surface area contributed by atoms with Crippen molar-refractivity contribution < 1.29 is 26.7 Å². The van der Waals surface area contributed by atoms with Crippen LogP contribution in [0.5, 0.6) is 5.75 Å². The lowest BCUT2D eigenvalue weighted by atomic mass is 10.2. The Kier molecular flexibility index (Phi) is 4.22. The number of ether oxygens (including phenoxy) is 1. The lowest BCUT2D eigenvalue weighted by Gasteiger charge is -2.13. The highest BCUT2D eigenvalue weighted by atomic mass is 127. The van der Waals surface area contributed by atoms with Crippen molar-refractivity contribution in [2.75, 3.05) is 0 Å². The Bertz CT molecular complexity index is 393. The van der Waals surface area contributed by atoms with Crippen LogP contribution in [0.15, 0.2) is 12.1 Å². The topological polar surface area (TPSA) is 9.23 Å². The highest BCUT2D eigenvalue weighted by Gasteiger charge is 2.34. The molecule has 90 valence electrons. The first-order chi connectivity index (χ1) is 7.21. The number of hydrogen-bond donors (Lipinski definition) is 0. The fourth-order valence-electron chi connectivity index (χ4n) is 0.933. The SMILES string of the molecule is FC(F)Oc1cc(C(F)(F)F)c(I)cc1Cl. The molecule has 0 spiro atoms. The second-order valence-corrected chi connectivity index (χ2v) is 4.21. The van der Waals surface area contributed by atoms with E-state index in [-0.39, 0.29) is 8.59 Å². The Hall–Kier alpha value is -0.310. The van der Waals surface area contributed by atoms with E-state index in [1.165, 1.54) is 22.6 Å². The van der Waals surface area contributed by atoms with E-state index in [2.05, 4.69) is 4.74 Å². The van der Waals surface area contributed by atoms with E-state index in [9.17, 15) is 22.0 Å².